The number of furan rings is 1. The van der Waals surface area contributed by atoms with Gasteiger partial charge in [0.05, 0.1) is 7.11 Å². The van der Waals surface area contributed by atoms with E-state index in [0.717, 1.165) is 0 Å². The van der Waals surface area contributed by atoms with Crippen molar-refractivity contribution in [2.45, 2.75) is 6.61 Å². The summed E-state index contributed by atoms with van der Waals surface area (Å²) in [5, 5.41) is 5.52. The van der Waals surface area contributed by atoms with Crippen LogP contribution < -0.4 is 20.1 Å². The number of methoxy groups -OCH3 is 1. The molecule has 0 aliphatic rings. The number of carbonyl (C=O) groups excluding carboxylic acids is 2. The van der Waals surface area contributed by atoms with Gasteiger partial charge in [-0.15, -0.1) is 0 Å². The zero-order valence-electron chi connectivity index (χ0n) is 18.2. The molecule has 172 valence electrons. The van der Waals surface area contributed by atoms with Crippen LogP contribution in [0.25, 0.3) is 0 Å². The van der Waals surface area contributed by atoms with Crippen molar-refractivity contribution in [2.24, 2.45) is 0 Å². The summed E-state index contributed by atoms with van der Waals surface area (Å²) in [4.78, 5) is 24.9. The fraction of sp³-hybridized carbons (Fsp3) is 0.0769. The number of rotatable bonds is 8. The molecular weight excluding hydrogens is 439 g/mol. The summed E-state index contributed by atoms with van der Waals surface area (Å²) < 4.78 is 29.1. The van der Waals surface area contributed by atoms with E-state index in [9.17, 15) is 14.0 Å². The van der Waals surface area contributed by atoms with Crippen LogP contribution in [0.4, 0.5) is 15.8 Å². The molecule has 2 N–H and O–H groups in total. The normalized spacial score (nSPS) is 10.4. The van der Waals surface area contributed by atoms with E-state index in [1.54, 1.807) is 61.7 Å². The highest BCUT2D eigenvalue weighted by Crippen LogP contribution is 2.18. The minimum absolute atomic E-state index is 0.0942. The predicted octanol–water partition coefficient (Wildman–Crippen LogP) is 5.51. The second-order valence-corrected chi connectivity index (χ2v) is 7.22. The fourth-order valence-corrected chi connectivity index (χ4v) is 3.04. The smallest absolute Gasteiger partial charge is 0.291 e. The van der Waals surface area contributed by atoms with Gasteiger partial charge in [0, 0.05) is 16.9 Å². The Bertz CT molecular complexity index is 1270. The molecule has 1 heterocycles. The van der Waals surface area contributed by atoms with Crippen LogP contribution in [0.2, 0.25) is 0 Å². The molecule has 0 atom stereocenters. The van der Waals surface area contributed by atoms with Crippen molar-refractivity contribution in [3.05, 3.63) is 108 Å². The van der Waals surface area contributed by atoms with Gasteiger partial charge in [-0.1, -0.05) is 0 Å². The standard InChI is InChI=1S/C26H21FN2O5/c1-32-21-12-8-20(9-13-21)28-25(30)17-2-6-19(7-3-17)29-26(31)24-15-14-23(34-24)16-33-22-10-4-18(27)5-11-22/h2-15H,16H2,1H3,(H,28,30)(H,29,31). The number of ether oxygens (including phenoxy) is 2. The SMILES string of the molecule is COc1ccc(NC(=O)c2ccc(NC(=O)c3ccc(COc4ccc(F)cc4)o3)cc2)cc1. The minimum atomic E-state index is -0.441. The third-order valence-electron chi connectivity index (χ3n) is 4.83. The number of hydrogen-bond acceptors (Lipinski definition) is 5. The van der Waals surface area contributed by atoms with Gasteiger partial charge in [-0.05, 0) is 84.9 Å². The van der Waals surface area contributed by atoms with E-state index in [1.807, 2.05) is 0 Å². The maximum absolute atomic E-state index is 13.0. The summed E-state index contributed by atoms with van der Waals surface area (Å²) in [5.74, 6) is 0.666. The van der Waals surface area contributed by atoms with Crippen LogP contribution in [0.3, 0.4) is 0 Å². The number of benzene rings is 3. The molecule has 0 aliphatic carbocycles. The van der Waals surface area contributed by atoms with Crippen molar-refractivity contribution in [3.8, 4) is 11.5 Å². The highest BCUT2D eigenvalue weighted by molar-refractivity contribution is 6.05. The summed E-state index contributed by atoms with van der Waals surface area (Å²) in [6.45, 7) is 0.0942. The lowest BCUT2D eigenvalue weighted by molar-refractivity contribution is 0.0991. The molecule has 0 bridgehead atoms. The van der Waals surface area contributed by atoms with E-state index in [0.29, 0.717) is 34.2 Å². The lowest BCUT2D eigenvalue weighted by Crippen LogP contribution is -2.13. The third-order valence-corrected chi connectivity index (χ3v) is 4.83. The molecule has 0 radical (unpaired) electrons. The quantitative estimate of drug-likeness (QED) is 0.362. The van der Waals surface area contributed by atoms with Crippen LogP contribution in [-0.2, 0) is 6.61 Å². The zero-order chi connectivity index (χ0) is 23.9. The second kappa shape index (κ2) is 10.4. The van der Waals surface area contributed by atoms with Gasteiger partial charge in [0.1, 0.15) is 29.7 Å². The van der Waals surface area contributed by atoms with Crippen molar-refractivity contribution < 1.29 is 27.9 Å². The molecule has 0 aliphatic heterocycles. The molecular formula is C26H21FN2O5. The predicted molar refractivity (Wildman–Crippen MR) is 125 cm³/mol. The largest absolute Gasteiger partial charge is 0.497 e. The van der Waals surface area contributed by atoms with Gasteiger partial charge in [-0.2, -0.15) is 0 Å². The maximum atomic E-state index is 13.0. The first-order chi connectivity index (χ1) is 16.5. The van der Waals surface area contributed by atoms with E-state index < -0.39 is 5.91 Å². The van der Waals surface area contributed by atoms with Crippen molar-refractivity contribution in [2.75, 3.05) is 17.7 Å². The summed E-state index contributed by atoms with van der Waals surface area (Å²) in [5.41, 5.74) is 1.58. The van der Waals surface area contributed by atoms with Gasteiger partial charge in [0.15, 0.2) is 5.76 Å². The Balaban J connectivity index is 1.30. The van der Waals surface area contributed by atoms with E-state index in [-0.39, 0.29) is 24.1 Å². The Morgan fingerprint density at radius 3 is 2.00 bits per heavy atom. The lowest BCUT2D eigenvalue weighted by atomic mass is 10.2. The van der Waals surface area contributed by atoms with Gasteiger partial charge < -0.3 is 24.5 Å². The first-order valence-corrected chi connectivity index (χ1v) is 10.3. The van der Waals surface area contributed by atoms with E-state index >= 15 is 0 Å². The van der Waals surface area contributed by atoms with Crippen LogP contribution in [0.5, 0.6) is 11.5 Å². The van der Waals surface area contributed by atoms with Crippen molar-refractivity contribution in [1.29, 1.82) is 0 Å². The molecule has 2 amide bonds. The van der Waals surface area contributed by atoms with Gasteiger partial charge >= 0.3 is 0 Å². The molecule has 34 heavy (non-hydrogen) atoms. The second-order valence-electron chi connectivity index (χ2n) is 7.22. The molecule has 0 saturated heterocycles. The Kier molecular flexibility index (Phi) is 6.88. The van der Waals surface area contributed by atoms with Crippen LogP contribution in [0.1, 0.15) is 26.7 Å². The molecule has 8 heteroatoms. The van der Waals surface area contributed by atoms with Crippen molar-refractivity contribution >= 4 is 23.2 Å². The number of hydrogen-bond donors (Lipinski definition) is 2. The third kappa shape index (κ3) is 5.80. The molecule has 4 aromatic rings. The minimum Gasteiger partial charge on any atom is -0.497 e. The molecule has 1 aromatic heterocycles. The van der Waals surface area contributed by atoms with Gasteiger partial charge in [-0.3, -0.25) is 9.59 Å². The summed E-state index contributed by atoms with van der Waals surface area (Å²) in [6, 6.07) is 22.2. The molecule has 7 nitrogen and oxygen atoms in total. The first-order valence-electron chi connectivity index (χ1n) is 10.3. The molecule has 0 fully saturated rings. The number of amides is 2. The number of nitrogens with one attached hydrogen (secondary N) is 2. The van der Waals surface area contributed by atoms with Crippen LogP contribution in [-0.4, -0.2) is 18.9 Å². The molecule has 0 unspecified atom stereocenters. The molecule has 0 saturated carbocycles. The molecule has 4 rings (SSSR count). The maximum Gasteiger partial charge on any atom is 0.291 e. The number of halogens is 1. The topological polar surface area (TPSA) is 89.8 Å². The zero-order valence-corrected chi connectivity index (χ0v) is 18.2. The highest BCUT2D eigenvalue weighted by atomic mass is 19.1. The van der Waals surface area contributed by atoms with Crippen LogP contribution in [0, 0.1) is 5.82 Å². The Labute approximate surface area is 195 Å². The van der Waals surface area contributed by atoms with E-state index in [2.05, 4.69) is 10.6 Å². The summed E-state index contributed by atoms with van der Waals surface area (Å²) in [6.07, 6.45) is 0. The fourth-order valence-electron chi connectivity index (χ4n) is 3.04. The summed E-state index contributed by atoms with van der Waals surface area (Å²) in [7, 11) is 1.57. The van der Waals surface area contributed by atoms with Crippen molar-refractivity contribution in [3.63, 3.8) is 0 Å². The van der Waals surface area contributed by atoms with E-state index in [1.165, 1.54) is 30.3 Å². The average Bonchev–Trinajstić information content (AvgIpc) is 3.34. The first kappa shape index (κ1) is 22.6. The molecule has 3 aromatic carbocycles. The Morgan fingerprint density at radius 1 is 0.765 bits per heavy atom. The average molecular weight is 460 g/mol. The lowest BCUT2D eigenvalue weighted by Gasteiger charge is -2.08. The number of carbonyl (C=O) groups is 2. The number of anilines is 2. The Morgan fingerprint density at radius 2 is 1.35 bits per heavy atom. The van der Waals surface area contributed by atoms with Gasteiger partial charge in [0.25, 0.3) is 11.8 Å². The monoisotopic (exact) mass is 460 g/mol. The van der Waals surface area contributed by atoms with Crippen molar-refractivity contribution in [1.82, 2.24) is 0 Å². The summed E-state index contributed by atoms with van der Waals surface area (Å²) >= 11 is 0. The van der Waals surface area contributed by atoms with Gasteiger partial charge in [-0.25, -0.2) is 4.39 Å². The van der Waals surface area contributed by atoms with Crippen LogP contribution >= 0.6 is 0 Å². The van der Waals surface area contributed by atoms with E-state index in [4.69, 9.17) is 13.9 Å². The Hall–Kier alpha value is -4.59. The molecule has 0 spiro atoms. The van der Waals surface area contributed by atoms with Gasteiger partial charge in [0.2, 0.25) is 0 Å². The van der Waals surface area contributed by atoms with Crippen LogP contribution in [0.15, 0.2) is 89.3 Å². The highest BCUT2D eigenvalue weighted by Gasteiger charge is 2.13.